The van der Waals surface area contributed by atoms with Gasteiger partial charge in [0, 0.05) is 18.2 Å². The Morgan fingerprint density at radius 3 is 2.92 bits per heavy atom. The number of hydrogen-bond donors (Lipinski definition) is 2. The molecule has 4 nitrogen and oxygen atoms in total. The van der Waals surface area contributed by atoms with Crippen LogP contribution in [0.3, 0.4) is 0 Å². The molecule has 134 valence electrons. The zero-order valence-electron chi connectivity index (χ0n) is 14.9. The molecule has 0 unspecified atom stereocenters. The van der Waals surface area contributed by atoms with Gasteiger partial charge >= 0.3 is 0 Å². The van der Waals surface area contributed by atoms with Gasteiger partial charge in [0.2, 0.25) is 0 Å². The number of phenols is 1. The summed E-state index contributed by atoms with van der Waals surface area (Å²) in [5.41, 5.74) is 2.85. The summed E-state index contributed by atoms with van der Waals surface area (Å²) in [5, 5.41) is 21.9. The maximum Gasteiger partial charge on any atom is 0.166 e. The average molecular weight is 341 g/mol. The molecule has 2 aliphatic carbocycles. The quantitative estimate of drug-likeness (QED) is 0.827. The van der Waals surface area contributed by atoms with Gasteiger partial charge < -0.3 is 14.9 Å². The lowest BCUT2D eigenvalue weighted by Gasteiger charge is -2.54. The molecule has 1 spiro atoms. The van der Waals surface area contributed by atoms with Crippen LogP contribution in [-0.2, 0) is 11.8 Å². The molecule has 1 aromatic carbocycles. The Morgan fingerprint density at radius 1 is 1.40 bits per heavy atom. The van der Waals surface area contributed by atoms with Crippen molar-refractivity contribution >= 4 is 0 Å². The minimum absolute atomic E-state index is 0.146. The number of aliphatic hydroxyl groups excluding tert-OH is 1. The van der Waals surface area contributed by atoms with E-state index in [0.29, 0.717) is 5.75 Å². The van der Waals surface area contributed by atoms with Crippen LogP contribution in [0.25, 0.3) is 0 Å². The minimum atomic E-state index is -0.469. The van der Waals surface area contributed by atoms with Crippen molar-refractivity contribution in [1.82, 2.24) is 4.90 Å². The van der Waals surface area contributed by atoms with Crippen molar-refractivity contribution in [2.24, 2.45) is 5.92 Å². The number of rotatable bonds is 4. The van der Waals surface area contributed by atoms with Crippen molar-refractivity contribution in [2.45, 2.75) is 62.7 Å². The lowest BCUT2D eigenvalue weighted by molar-refractivity contribution is -0.0780. The van der Waals surface area contributed by atoms with Crippen LogP contribution in [0.1, 0.15) is 43.7 Å². The average Bonchev–Trinajstić information content (AvgIpc) is 3.35. The van der Waals surface area contributed by atoms with E-state index in [2.05, 4.69) is 18.4 Å². The van der Waals surface area contributed by atoms with E-state index in [1.165, 1.54) is 18.4 Å². The molecule has 5 rings (SSSR count). The predicted octanol–water partition coefficient (Wildman–Crippen LogP) is 2.76. The SMILES string of the molecule is C=C(CC)[C@@H]1Oc2c(O)ccc3c2[C@@]12CCN(CC1CC1)[C@H](C3)[C@H]2O. The number of fused-ring (bicyclic) bond motifs is 1. The first-order valence-electron chi connectivity index (χ1n) is 9.68. The van der Waals surface area contributed by atoms with Crippen LogP contribution in [0.4, 0.5) is 0 Å². The van der Waals surface area contributed by atoms with E-state index in [-0.39, 0.29) is 17.9 Å². The predicted molar refractivity (Wildman–Crippen MR) is 96.0 cm³/mol. The van der Waals surface area contributed by atoms with Crippen molar-refractivity contribution in [1.29, 1.82) is 0 Å². The Bertz CT molecular complexity index is 741. The van der Waals surface area contributed by atoms with E-state index >= 15 is 0 Å². The number of ether oxygens (including phenoxy) is 1. The van der Waals surface area contributed by atoms with Gasteiger partial charge in [0.05, 0.1) is 11.5 Å². The van der Waals surface area contributed by atoms with E-state index in [9.17, 15) is 10.2 Å². The third-order valence-corrected chi connectivity index (χ3v) is 7.01. The van der Waals surface area contributed by atoms with Crippen molar-refractivity contribution < 1.29 is 14.9 Å². The summed E-state index contributed by atoms with van der Waals surface area (Å²) in [6.07, 6.45) is 4.48. The Morgan fingerprint density at radius 2 is 2.20 bits per heavy atom. The molecule has 2 fully saturated rings. The Hall–Kier alpha value is -1.52. The number of nitrogens with zero attached hydrogens (tertiary/aromatic N) is 1. The van der Waals surface area contributed by atoms with E-state index in [1.54, 1.807) is 6.07 Å². The van der Waals surface area contributed by atoms with Crippen LogP contribution in [0.5, 0.6) is 11.5 Å². The standard InChI is InChI=1S/C21H27NO3/c1-3-12(2)20-21-8-9-22(11-13-4-5-13)15(19(21)24)10-14-6-7-16(23)18(25-20)17(14)21/h6-7,13,15,19-20,23-24H,2-5,8-11H2,1H3/t15-,19-,20+,21-/m1/s1. The molecule has 0 amide bonds. The third-order valence-electron chi connectivity index (χ3n) is 7.01. The monoisotopic (exact) mass is 341 g/mol. The van der Waals surface area contributed by atoms with Crippen LogP contribution < -0.4 is 4.74 Å². The largest absolute Gasteiger partial charge is 0.504 e. The number of phenolic OH excluding ortho intramolecular Hbond substituents is 1. The van der Waals surface area contributed by atoms with Crippen LogP contribution >= 0.6 is 0 Å². The van der Waals surface area contributed by atoms with Gasteiger partial charge in [-0.2, -0.15) is 0 Å². The lowest BCUT2D eigenvalue weighted by atomic mass is 9.59. The topological polar surface area (TPSA) is 52.9 Å². The highest BCUT2D eigenvalue weighted by Gasteiger charge is 2.63. The molecule has 4 heteroatoms. The zero-order valence-corrected chi connectivity index (χ0v) is 14.9. The van der Waals surface area contributed by atoms with Gasteiger partial charge in [0.1, 0.15) is 6.10 Å². The van der Waals surface area contributed by atoms with E-state index < -0.39 is 11.5 Å². The molecule has 1 saturated heterocycles. The number of aliphatic hydroxyl groups is 1. The molecule has 2 N–H and O–H groups in total. The Labute approximate surface area is 149 Å². The fourth-order valence-electron chi connectivity index (χ4n) is 5.47. The van der Waals surface area contributed by atoms with Gasteiger partial charge in [0.25, 0.3) is 0 Å². The summed E-state index contributed by atoms with van der Waals surface area (Å²) < 4.78 is 6.26. The van der Waals surface area contributed by atoms with Gasteiger partial charge in [-0.3, -0.25) is 4.90 Å². The molecule has 2 bridgehead atoms. The molecule has 4 aliphatic rings. The van der Waals surface area contributed by atoms with Gasteiger partial charge in [-0.15, -0.1) is 0 Å². The highest BCUT2D eigenvalue weighted by Crippen LogP contribution is 2.59. The van der Waals surface area contributed by atoms with Gasteiger partial charge in [-0.05, 0) is 61.8 Å². The number of piperidine rings is 1. The van der Waals surface area contributed by atoms with Crippen LogP contribution in [0.2, 0.25) is 0 Å². The second-order valence-electron chi connectivity index (χ2n) is 8.40. The van der Waals surface area contributed by atoms with Gasteiger partial charge in [-0.1, -0.05) is 19.6 Å². The molecular weight excluding hydrogens is 314 g/mol. The van der Waals surface area contributed by atoms with Crippen molar-refractivity contribution in [3.63, 3.8) is 0 Å². The molecular formula is C21H27NO3. The smallest absolute Gasteiger partial charge is 0.166 e. The first-order chi connectivity index (χ1) is 12.1. The van der Waals surface area contributed by atoms with Crippen molar-refractivity contribution in [3.05, 3.63) is 35.4 Å². The normalized spacial score (nSPS) is 36.0. The zero-order chi connectivity index (χ0) is 17.3. The van der Waals surface area contributed by atoms with Crippen LogP contribution in [0.15, 0.2) is 24.3 Å². The van der Waals surface area contributed by atoms with Crippen molar-refractivity contribution in [3.8, 4) is 11.5 Å². The number of benzene rings is 1. The number of likely N-dealkylation sites (tertiary alicyclic amines) is 1. The molecule has 2 aliphatic heterocycles. The summed E-state index contributed by atoms with van der Waals surface area (Å²) >= 11 is 0. The second-order valence-corrected chi connectivity index (χ2v) is 8.40. The number of aromatic hydroxyl groups is 1. The molecule has 25 heavy (non-hydrogen) atoms. The van der Waals surface area contributed by atoms with E-state index in [4.69, 9.17) is 4.74 Å². The fourth-order valence-corrected chi connectivity index (χ4v) is 5.47. The first kappa shape index (κ1) is 15.7. The number of hydrogen-bond acceptors (Lipinski definition) is 4. The summed E-state index contributed by atoms with van der Waals surface area (Å²) in [4.78, 5) is 2.51. The second kappa shape index (κ2) is 5.24. The molecule has 2 heterocycles. The summed E-state index contributed by atoms with van der Waals surface area (Å²) in [6, 6.07) is 3.92. The third kappa shape index (κ3) is 2.01. The van der Waals surface area contributed by atoms with E-state index in [0.717, 1.165) is 49.4 Å². The summed E-state index contributed by atoms with van der Waals surface area (Å²) in [7, 11) is 0. The summed E-state index contributed by atoms with van der Waals surface area (Å²) in [6.45, 7) is 8.43. The Balaban J connectivity index is 1.64. The summed E-state index contributed by atoms with van der Waals surface area (Å²) in [5.74, 6) is 1.60. The molecule has 1 aromatic rings. The maximum absolute atomic E-state index is 11.5. The fraction of sp³-hybridized carbons (Fsp3) is 0.619. The van der Waals surface area contributed by atoms with E-state index in [1.807, 2.05) is 6.07 Å². The Kier molecular flexibility index (Phi) is 3.29. The molecule has 4 atom stereocenters. The highest BCUT2D eigenvalue weighted by atomic mass is 16.5. The van der Waals surface area contributed by atoms with Crippen LogP contribution in [-0.4, -0.2) is 46.5 Å². The highest BCUT2D eigenvalue weighted by molar-refractivity contribution is 5.61. The van der Waals surface area contributed by atoms with Gasteiger partial charge in [-0.25, -0.2) is 0 Å². The molecule has 1 saturated carbocycles. The lowest BCUT2D eigenvalue weighted by Crippen LogP contribution is -2.66. The maximum atomic E-state index is 11.5. The van der Waals surface area contributed by atoms with Crippen molar-refractivity contribution in [2.75, 3.05) is 13.1 Å². The molecule has 0 aromatic heterocycles. The van der Waals surface area contributed by atoms with Crippen LogP contribution in [0, 0.1) is 5.92 Å². The minimum Gasteiger partial charge on any atom is -0.504 e. The molecule has 0 radical (unpaired) electrons. The van der Waals surface area contributed by atoms with Gasteiger partial charge in [0.15, 0.2) is 11.5 Å². The first-order valence-corrected chi connectivity index (χ1v) is 9.68.